The van der Waals surface area contributed by atoms with Gasteiger partial charge >= 0.3 is 0 Å². The number of hydrogen-bond donors (Lipinski definition) is 0. The van der Waals surface area contributed by atoms with E-state index in [-0.39, 0.29) is 5.92 Å². The van der Waals surface area contributed by atoms with Gasteiger partial charge in [-0.3, -0.25) is 0 Å². The van der Waals surface area contributed by atoms with E-state index < -0.39 is 0 Å². The first-order valence-electron chi connectivity index (χ1n) is 5.94. The van der Waals surface area contributed by atoms with E-state index in [9.17, 15) is 4.79 Å². The number of aldehydes is 1. The van der Waals surface area contributed by atoms with Crippen molar-refractivity contribution in [2.45, 2.75) is 12.3 Å². The van der Waals surface area contributed by atoms with E-state index >= 15 is 0 Å². The summed E-state index contributed by atoms with van der Waals surface area (Å²) < 4.78 is 0.918. The fourth-order valence-corrected chi connectivity index (χ4v) is 2.63. The first-order chi connectivity index (χ1) is 9.26. The summed E-state index contributed by atoms with van der Waals surface area (Å²) in [6.07, 6.45) is 1.48. The second kappa shape index (κ2) is 6.31. The highest BCUT2D eigenvalue weighted by Crippen LogP contribution is 2.27. The molecule has 2 aromatic carbocycles. The molecule has 1 unspecified atom stereocenters. The Labute approximate surface area is 120 Å². The molecule has 0 saturated carbocycles. The summed E-state index contributed by atoms with van der Waals surface area (Å²) in [6.45, 7) is 0. The van der Waals surface area contributed by atoms with Crippen LogP contribution in [0.25, 0.3) is 0 Å². The maximum atomic E-state index is 11.4. The van der Waals surface area contributed by atoms with Crippen LogP contribution in [0.5, 0.6) is 0 Å². The summed E-state index contributed by atoms with van der Waals surface area (Å²) in [7, 11) is 0. The van der Waals surface area contributed by atoms with Gasteiger partial charge in [-0.05, 0) is 29.7 Å². The molecule has 19 heavy (non-hydrogen) atoms. The Morgan fingerprint density at radius 3 is 2.53 bits per heavy atom. The lowest BCUT2D eigenvalue weighted by atomic mass is 9.91. The van der Waals surface area contributed by atoms with Gasteiger partial charge in [0.05, 0.1) is 11.6 Å². The minimum atomic E-state index is -0.245. The smallest absolute Gasteiger partial charge is 0.127 e. The topological polar surface area (TPSA) is 40.9 Å². The Morgan fingerprint density at radius 1 is 1.16 bits per heavy atom. The minimum absolute atomic E-state index is 0.245. The number of rotatable bonds is 4. The first kappa shape index (κ1) is 13.5. The number of nitrogens with zero attached hydrogens (tertiary/aromatic N) is 1. The average Bonchev–Trinajstić information content (AvgIpc) is 2.46. The van der Waals surface area contributed by atoms with Crippen LogP contribution in [0.3, 0.4) is 0 Å². The Balaban J connectivity index is 2.33. The third kappa shape index (κ3) is 3.10. The molecule has 0 fully saturated rings. The fraction of sp³-hybridized carbons (Fsp3) is 0.125. The number of hydrogen-bond acceptors (Lipinski definition) is 2. The van der Waals surface area contributed by atoms with E-state index in [1.165, 1.54) is 0 Å². The van der Waals surface area contributed by atoms with Crippen LogP contribution in [0.2, 0.25) is 0 Å². The van der Waals surface area contributed by atoms with Crippen molar-refractivity contribution in [3.8, 4) is 6.07 Å². The van der Waals surface area contributed by atoms with Crippen molar-refractivity contribution in [3.63, 3.8) is 0 Å². The molecule has 0 aliphatic heterocycles. The van der Waals surface area contributed by atoms with Gasteiger partial charge < -0.3 is 4.79 Å². The highest BCUT2D eigenvalue weighted by atomic mass is 79.9. The fourth-order valence-electron chi connectivity index (χ4n) is 2.05. The van der Waals surface area contributed by atoms with Crippen molar-refractivity contribution in [2.24, 2.45) is 0 Å². The summed E-state index contributed by atoms with van der Waals surface area (Å²) in [5, 5.41) is 9.08. The summed E-state index contributed by atoms with van der Waals surface area (Å²) in [5.41, 5.74) is 2.48. The molecule has 0 aromatic heterocycles. The second-order valence-corrected chi connectivity index (χ2v) is 5.09. The normalized spacial score (nSPS) is 11.6. The zero-order valence-electron chi connectivity index (χ0n) is 10.2. The zero-order valence-corrected chi connectivity index (χ0v) is 11.8. The molecule has 0 amide bonds. The van der Waals surface area contributed by atoms with Gasteiger partial charge in [-0.25, -0.2) is 0 Å². The number of carbonyl (C=O) groups excluding carboxylic acids is 1. The third-order valence-corrected chi connectivity index (χ3v) is 3.77. The highest BCUT2D eigenvalue weighted by Gasteiger charge is 2.15. The van der Waals surface area contributed by atoms with Gasteiger partial charge in [0.15, 0.2) is 0 Å². The molecule has 1 atom stereocenters. The van der Waals surface area contributed by atoms with Gasteiger partial charge in [0.25, 0.3) is 0 Å². The molecule has 2 aromatic rings. The third-order valence-electron chi connectivity index (χ3n) is 3.05. The number of nitriles is 1. The van der Waals surface area contributed by atoms with Gasteiger partial charge in [0.1, 0.15) is 6.29 Å². The van der Waals surface area contributed by atoms with E-state index in [1.807, 2.05) is 42.5 Å². The molecule has 0 bridgehead atoms. The minimum Gasteiger partial charge on any atom is -0.303 e. The lowest BCUT2D eigenvalue weighted by Gasteiger charge is -2.13. The Hall–Kier alpha value is -1.92. The van der Waals surface area contributed by atoms with E-state index in [4.69, 9.17) is 5.26 Å². The summed E-state index contributed by atoms with van der Waals surface area (Å²) >= 11 is 3.46. The van der Waals surface area contributed by atoms with E-state index in [0.29, 0.717) is 12.0 Å². The Bertz CT molecular complexity index is 631. The lowest BCUT2D eigenvalue weighted by Crippen LogP contribution is -2.06. The molecular formula is C16H12BrNO. The predicted molar refractivity (Wildman–Crippen MR) is 77.8 cm³/mol. The van der Waals surface area contributed by atoms with Crippen LogP contribution < -0.4 is 0 Å². The van der Waals surface area contributed by atoms with Gasteiger partial charge in [-0.15, -0.1) is 0 Å². The number of benzene rings is 2. The van der Waals surface area contributed by atoms with Crippen molar-refractivity contribution < 1.29 is 4.79 Å². The van der Waals surface area contributed by atoms with Crippen LogP contribution in [0.4, 0.5) is 0 Å². The van der Waals surface area contributed by atoms with Crippen molar-refractivity contribution in [1.29, 1.82) is 5.26 Å². The van der Waals surface area contributed by atoms with Crippen LogP contribution in [-0.4, -0.2) is 6.29 Å². The lowest BCUT2D eigenvalue weighted by molar-refractivity contribution is -0.109. The first-order valence-corrected chi connectivity index (χ1v) is 6.73. The summed E-state index contributed by atoms with van der Waals surface area (Å²) in [5.74, 6) is -0.245. The van der Waals surface area contributed by atoms with Gasteiger partial charge in [0.2, 0.25) is 0 Å². The molecule has 0 aliphatic rings. The monoisotopic (exact) mass is 313 g/mol. The molecule has 0 N–H and O–H groups in total. The Kier molecular flexibility index (Phi) is 4.48. The number of carbonyl (C=O) groups is 1. The zero-order chi connectivity index (χ0) is 13.7. The van der Waals surface area contributed by atoms with Crippen molar-refractivity contribution in [2.75, 3.05) is 0 Å². The van der Waals surface area contributed by atoms with Crippen LogP contribution in [0.1, 0.15) is 22.6 Å². The summed E-state index contributed by atoms with van der Waals surface area (Å²) in [6, 6.07) is 17.2. The summed E-state index contributed by atoms with van der Waals surface area (Å²) in [4.78, 5) is 11.4. The van der Waals surface area contributed by atoms with Crippen molar-refractivity contribution in [1.82, 2.24) is 0 Å². The highest BCUT2D eigenvalue weighted by molar-refractivity contribution is 9.10. The van der Waals surface area contributed by atoms with Gasteiger partial charge in [-0.1, -0.05) is 52.3 Å². The van der Waals surface area contributed by atoms with E-state index in [2.05, 4.69) is 22.0 Å². The molecule has 0 aliphatic carbocycles. The van der Waals surface area contributed by atoms with Crippen molar-refractivity contribution in [3.05, 3.63) is 69.7 Å². The molecule has 0 spiro atoms. The Morgan fingerprint density at radius 2 is 1.84 bits per heavy atom. The van der Waals surface area contributed by atoms with Crippen LogP contribution in [0.15, 0.2) is 53.0 Å². The van der Waals surface area contributed by atoms with Crippen molar-refractivity contribution >= 4 is 22.2 Å². The maximum Gasteiger partial charge on any atom is 0.127 e. The van der Waals surface area contributed by atoms with Gasteiger partial charge in [0, 0.05) is 10.4 Å². The largest absolute Gasteiger partial charge is 0.303 e. The van der Waals surface area contributed by atoms with E-state index in [1.54, 1.807) is 6.07 Å². The number of halogens is 1. The average molecular weight is 314 g/mol. The SMILES string of the molecule is N#Cc1ccccc1CC(C=O)c1ccccc1Br. The van der Waals surface area contributed by atoms with Crippen LogP contribution in [0, 0.1) is 11.3 Å². The molecule has 0 radical (unpaired) electrons. The van der Waals surface area contributed by atoms with E-state index in [0.717, 1.165) is 21.9 Å². The maximum absolute atomic E-state index is 11.4. The molecule has 0 saturated heterocycles. The van der Waals surface area contributed by atoms with Gasteiger partial charge in [-0.2, -0.15) is 5.26 Å². The molecule has 2 nitrogen and oxygen atoms in total. The molecule has 0 heterocycles. The quantitative estimate of drug-likeness (QED) is 0.804. The van der Waals surface area contributed by atoms with Crippen LogP contribution in [-0.2, 0) is 11.2 Å². The molecule has 3 heteroatoms. The molecular weight excluding hydrogens is 302 g/mol. The van der Waals surface area contributed by atoms with Crippen LogP contribution >= 0.6 is 15.9 Å². The molecule has 2 rings (SSSR count). The second-order valence-electron chi connectivity index (χ2n) is 4.24. The predicted octanol–water partition coefficient (Wildman–Crippen LogP) is 3.85. The standard InChI is InChI=1S/C16H12BrNO/c17-16-8-4-3-7-15(16)14(11-19)9-12-5-1-2-6-13(12)10-18/h1-8,11,14H,9H2. The molecule has 94 valence electrons.